The predicted molar refractivity (Wildman–Crippen MR) is 142 cm³/mol. The molecule has 2 fully saturated rings. The van der Waals surface area contributed by atoms with Gasteiger partial charge in [0.25, 0.3) is 0 Å². The third-order valence-corrected chi connectivity index (χ3v) is 7.70. The number of piperazine rings is 2. The lowest BCUT2D eigenvalue weighted by Crippen LogP contribution is -2.56. The standard InChI is InChI=1S/C24H37FN8OS/c1-6-20-22(29(5)23(26)35-18(3)25)21-16-19(15-17(2)33(21)27-20)30-11-13-32(14-12-30)24(34)31-9-7-28(4)8-10-31/h15-16,18,26H,6-14H2,1-5H3. The van der Waals surface area contributed by atoms with Crippen LogP contribution in [0.5, 0.6) is 0 Å². The maximum Gasteiger partial charge on any atom is 0.320 e. The molecule has 4 heterocycles. The Hall–Kier alpha value is -2.53. The zero-order valence-corrected chi connectivity index (χ0v) is 22.2. The number of amides is 2. The Morgan fingerprint density at radius 1 is 1.14 bits per heavy atom. The van der Waals surface area contributed by atoms with Gasteiger partial charge in [-0.2, -0.15) is 5.10 Å². The van der Waals surface area contributed by atoms with Crippen LogP contribution < -0.4 is 9.80 Å². The minimum Gasteiger partial charge on any atom is -0.368 e. The van der Waals surface area contributed by atoms with Crippen molar-refractivity contribution in [1.82, 2.24) is 24.3 Å². The molecule has 11 heteroatoms. The second-order valence-electron chi connectivity index (χ2n) is 9.37. The molecule has 0 spiro atoms. The van der Waals surface area contributed by atoms with Crippen molar-refractivity contribution in [2.24, 2.45) is 0 Å². The highest BCUT2D eigenvalue weighted by molar-refractivity contribution is 8.14. The Labute approximate surface area is 211 Å². The number of aryl methyl sites for hydroxylation is 2. The monoisotopic (exact) mass is 504 g/mol. The molecule has 4 rings (SSSR count). The number of hydrogen-bond donors (Lipinski definition) is 1. The highest BCUT2D eigenvalue weighted by Gasteiger charge is 2.28. The van der Waals surface area contributed by atoms with Gasteiger partial charge in [0.1, 0.15) is 5.50 Å². The molecule has 0 bridgehead atoms. The van der Waals surface area contributed by atoms with Crippen molar-refractivity contribution in [3.8, 4) is 0 Å². The van der Waals surface area contributed by atoms with Crippen LogP contribution >= 0.6 is 11.8 Å². The minimum atomic E-state index is -1.15. The van der Waals surface area contributed by atoms with E-state index in [2.05, 4.69) is 29.0 Å². The number of carbonyl (C=O) groups excluding carboxylic acids is 1. The number of nitrogens with zero attached hydrogens (tertiary/aromatic N) is 7. The smallest absolute Gasteiger partial charge is 0.320 e. The van der Waals surface area contributed by atoms with Crippen LogP contribution in [0.4, 0.5) is 20.6 Å². The summed E-state index contributed by atoms with van der Waals surface area (Å²) in [6.07, 6.45) is 0.715. The van der Waals surface area contributed by atoms with Gasteiger partial charge >= 0.3 is 6.03 Å². The Balaban J connectivity index is 1.53. The molecule has 1 atom stereocenters. The fourth-order valence-electron chi connectivity index (χ4n) is 4.80. The van der Waals surface area contributed by atoms with Crippen LogP contribution in [0.15, 0.2) is 12.1 Å². The van der Waals surface area contributed by atoms with E-state index in [0.29, 0.717) is 19.5 Å². The lowest BCUT2D eigenvalue weighted by molar-refractivity contribution is 0.120. The number of halogens is 1. The number of thioether (sulfide) groups is 1. The molecular formula is C24H37FN8OS. The number of fused-ring (bicyclic) bond motifs is 1. The van der Waals surface area contributed by atoms with Crippen molar-refractivity contribution >= 4 is 39.9 Å². The molecule has 2 aromatic rings. The maximum absolute atomic E-state index is 13.6. The lowest BCUT2D eigenvalue weighted by atomic mass is 10.2. The molecule has 2 saturated heterocycles. The number of urea groups is 1. The molecule has 2 aromatic heterocycles. The Morgan fingerprint density at radius 2 is 1.74 bits per heavy atom. The Morgan fingerprint density at radius 3 is 2.31 bits per heavy atom. The van der Waals surface area contributed by atoms with Crippen LogP contribution in [0.2, 0.25) is 0 Å². The van der Waals surface area contributed by atoms with E-state index in [-0.39, 0.29) is 11.2 Å². The van der Waals surface area contributed by atoms with E-state index in [1.165, 1.54) is 6.92 Å². The van der Waals surface area contributed by atoms with Gasteiger partial charge in [-0.3, -0.25) is 5.41 Å². The summed E-state index contributed by atoms with van der Waals surface area (Å²) in [6.45, 7) is 11.9. The van der Waals surface area contributed by atoms with Gasteiger partial charge in [-0.1, -0.05) is 18.7 Å². The van der Waals surface area contributed by atoms with Crippen molar-refractivity contribution in [2.75, 3.05) is 76.3 Å². The SMILES string of the molecule is CCc1nn2c(C)cc(N3CCN(C(=O)N4CCN(C)CC4)CC3)cc2c1N(C)C(=N)SC(C)F. The van der Waals surface area contributed by atoms with Crippen LogP contribution in [0.25, 0.3) is 5.52 Å². The molecule has 2 aliphatic heterocycles. The zero-order valence-electron chi connectivity index (χ0n) is 21.4. The second kappa shape index (κ2) is 10.6. The number of pyridine rings is 1. The van der Waals surface area contributed by atoms with Crippen LogP contribution in [0.1, 0.15) is 25.2 Å². The highest BCUT2D eigenvalue weighted by atomic mass is 32.2. The van der Waals surface area contributed by atoms with Gasteiger partial charge in [-0.25, -0.2) is 13.7 Å². The molecule has 0 aromatic carbocycles. The minimum absolute atomic E-state index is 0.148. The van der Waals surface area contributed by atoms with Crippen molar-refractivity contribution in [3.05, 3.63) is 23.5 Å². The fraction of sp³-hybridized carbons (Fsp3) is 0.625. The van der Waals surface area contributed by atoms with Gasteiger partial charge in [-0.15, -0.1) is 0 Å². The van der Waals surface area contributed by atoms with Crippen molar-refractivity contribution in [3.63, 3.8) is 0 Å². The largest absolute Gasteiger partial charge is 0.368 e. The molecule has 9 nitrogen and oxygen atoms in total. The third-order valence-electron chi connectivity index (χ3n) is 6.88. The molecule has 0 saturated carbocycles. The molecule has 2 amide bonds. The van der Waals surface area contributed by atoms with E-state index in [4.69, 9.17) is 10.5 Å². The summed E-state index contributed by atoms with van der Waals surface area (Å²) in [5, 5.41) is 13.3. The molecule has 1 N–H and O–H groups in total. The van der Waals surface area contributed by atoms with E-state index in [1.807, 2.05) is 28.2 Å². The first-order chi connectivity index (χ1) is 16.7. The Bertz CT molecular complexity index is 1070. The highest BCUT2D eigenvalue weighted by Crippen LogP contribution is 2.33. The topological polar surface area (TPSA) is 74.4 Å². The molecule has 1 unspecified atom stereocenters. The quantitative estimate of drug-likeness (QED) is 0.510. The molecule has 192 valence electrons. The molecule has 0 aliphatic carbocycles. The van der Waals surface area contributed by atoms with E-state index in [1.54, 1.807) is 11.9 Å². The van der Waals surface area contributed by atoms with E-state index < -0.39 is 5.50 Å². The number of carbonyl (C=O) groups is 1. The van der Waals surface area contributed by atoms with E-state index in [0.717, 1.165) is 79.3 Å². The van der Waals surface area contributed by atoms with Crippen LogP contribution in [-0.4, -0.2) is 107 Å². The van der Waals surface area contributed by atoms with Crippen LogP contribution in [0.3, 0.4) is 0 Å². The summed E-state index contributed by atoms with van der Waals surface area (Å²) in [5.41, 5.74) is 3.57. The number of amidine groups is 1. The van der Waals surface area contributed by atoms with Crippen LogP contribution in [0, 0.1) is 12.3 Å². The fourth-order valence-corrected chi connectivity index (χ4v) is 5.36. The summed E-state index contributed by atoms with van der Waals surface area (Å²) in [7, 11) is 3.90. The number of anilines is 2. The first-order valence-electron chi connectivity index (χ1n) is 12.3. The normalized spacial score (nSPS) is 18.3. The number of rotatable bonds is 4. The molecule has 35 heavy (non-hydrogen) atoms. The lowest BCUT2D eigenvalue weighted by Gasteiger charge is -2.40. The number of nitrogens with one attached hydrogen (secondary N) is 1. The zero-order chi connectivity index (χ0) is 25.3. The molecule has 0 radical (unpaired) electrons. The summed E-state index contributed by atoms with van der Waals surface area (Å²) in [4.78, 5) is 23.2. The maximum atomic E-state index is 13.6. The number of likely N-dealkylation sites (N-methyl/N-ethyl adjacent to an activating group) is 1. The van der Waals surface area contributed by atoms with Crippen LogP contribution in [-0.2, 0) is 6.42 Å². The molecular weight excluding hydrogens is 467 g/mol. The number of aromatic nitrogens is 2. The van der Waals surface area contributed by atoms with Gasteiger partial charge in [-0.05, 0) is 39.4 Å². The summed E-state index contributed by atoms with van der Waals surface area (Å²) < 4.78 is 15.5. The van der Waals surface area contributed by atoms with E-state index in [9.17, 15) is 9.18 Å². The van der Waals surface area contributed by atoms with E-state index >= 15 is 0 Å². The average Bonchev–Trinajstić information content (AvgIpc) is 3.22. The number of hydrogen-bond acceptors (Lipinski definition) is 6. The first-order valence-corrected chi connectivity index (χ1v) is 13.2. The van der Waals surface area contributed by atoms with Crippen molar-refractivity contribution in [2.45, 2.75) is 32.7 Å². The van der Waals surface area contributed by atoms with Gasteiger partial charge in [0, 0.05) is 70.8 Å². The average molecular weight is 505 g/mol. The van der Waals surface area contributed by atoms with Gasteiger partial charge in [0.2, 0.25) is 0 Å². The van der Waals surface area contributed by atoms with Gasteiger partial charge < -0.3 is 24.5 Å². The summed E-state index contributed by atoms with van der Waals surface area (Å²) in [6, 6.07) is 4.39. The van der Waals surface area contributed by atoms with Crippen molar-refractivity contribution in [1.29, 1.82) is 5.41 Å². The third kappa shape index (κ3) is 5.35. The summed E-state index contributed by atoms with van der Waals surface area (Å²) >= 11 is 0.891. The molecule has 2 aliphatic rings. The first kappa shape index (κ1) is 25.6. The van der Waals surface area contributed by atoms with Gasteiger partial charge in [0.15, 0.2) is 5.17 Å². The van der Waals surface area contributed by atoms with Crippen molar-refractivity contribution < 1.29 is 9.18 Å². The van der Waals surface area contributed by atoms with Gasteiger partial charge in [0.05, 0.1) is 16.9 Å². The summed E-state index contributed by atoms with van der Waals surface area (Å²) in [5.74, 6) is 0. The number of alkyl halides is 1. The second-order valence-corrected chi connectivity index (χ2v) is 10.6. The predicted octanol–water partition coefficient (Wildman–Crippen LogP) is 3.11. The Kier molecular flexibility index (Phi) is 7.75.